The van der Waals surface area contributed by atoms with Crippen molar-refractivity contribution in [3.8, 4) is 0 Å². The molecule has 1 aromatic heterocycles. The number of aliphatic hydroxyl groups is 1. The van der Waals surface area contributed by atoms with Gasteiger partial charge in [0.1, 0.15) is 4.90 Å². The van der Waals surface area contributed by atoms with E-state index in [1.54, 1.807) is 13.1 Å². The lowest BCUT2D eigenvalue weighted by Gasteiger charge is -2.16. The van der Waals surface area contributed by atoms with Crippen LogP contribution in [0.2, 0.25) is 0 Å². The first-order valence-corrected chi connectivity index (χ1v) is 8.35. The third-order valence-electron chi connectivity index (χ3n) is 2.97. The summed E-state index contributed by atoms with van der Waals surface area (Å²) in [7, 11) is -1.97. The molecule has 0 bridgehead atoms. The molecule has 0 fully saturated rings. The van der Waals surface area contributed by atoms with Crippen molar-refractivity contribution in [1.29, 1.82) is 0 Å². The Balaban J connectivity index is 2.67. The first-order chi connectivity index (χ1) is 9.02. The molecular weight excluding hydrogens is 282 g/mol. The zero-order chi connectivity index (χ0) is 14.0. The summed E-state index contributed by atoms with van der Waals surface area (Å²) >= 11 is 1.33. The summed E-state index contributed by atoms with van der Waals surface area (Å²) in [5.41, 5.74) is 0. The van der Waals surface area contributed by atoms with Crippen molar-refractivity contribution in [2.24, 2.45) is 0 Å². The molecule has 104 valence electrons. The zero-order valence-corrected chi connectivity index (χ0v) is 12.6. The summed E-state index contributed by atoms with van der Waals surface area (Å²) in [6.07, 6.45) is 0.756. The van der Waals surface area contributed by atoms with Gasteiger partial charge in [-0.3, -0.25) is 0 Å². The fourth-order valence-corrected chi connectivity index (χ4v) is 5.06. The minimum Gasteiger partial charge on any atom is -0.391 e. The van der Waals surface area contributed by atoms with Crippen molar-refractivity contribution < 1.29 is 13.5 Å². The summed E-state index contributed by atoms with van der Waals surface area (Å²) < 4.78 is 27.4. The molecule has 1 aromatic carbocycles. The van der Waals surface area contributed by atoms with Crippen LogP contribution in [0, 0.1) is 0 Å². The highest BCUT2D eigenvalue weighted by molar-refractivity contribution is 7.89. The van der Waals surface area contributed by atoms with E-state index in [1.807, 2.05) is 25.1 Å². The summed E-state index contributed by atoms with van der Waals surface area (Å²) in [5, 5.41) is 10.1. The van der Waals surface area contributed by atoms with Crippen molar-refractivity contribution in [3.63, 3.8) is 0 Å². The minimum absolute atomic E-state index is 0.256. The number of fused-ring (bicyclic) bond motifs is 1. The maximum absolute atomic E-state index is 12.6. The van der Waals surface area contributed by atoms with Crippen molar-refractivity contribution in [3.05, 3.63) is 29.1 Å². The van der Waals surface area contributed by atoms with Gasteiger partial charge in [-0.05, 0) is 12.5 Å². The van der Waals surface area contributed by atoms with Crippen LogP contribution in [0.4, 0.5) is 0 Å². The third-order valence-corrected chi connectivity index (χ3v) is 6.24. The van der Waals surface area contributed by atoms with Crippen LogP contribution in [0.3, 0.4) is 0 Å². The predicted molar refractivity (Wildman–Crippen MR) is 77.9 cm³/mol. The minimum atomic E-state index is -3.54. The standard InChI is InChI=1S/C13H17NO3S2/c1-3-8-14(2)19(16,17)13-10-6-4-5-7-11(10)18-12(13)9-15/h4-7,15H,3,8-9H2,1-2H3. The molecule has 0 radical (unpaired) electrons. The Labute approximate surface area is 117 Å². The van der Waals surface area contributed by atoms with E-state index in [0.29, 0.717) is 16.8 Å². The number of sulfonamides is 1. The van der Waals surface area contributed by atoms with Gasteiger partial charge in [-0.25, -0.2) is 12.7 Å². The van der Waals surface area contributed by atoms with Crippen LogP contribution in [0.25, 0.3) is 10.1 Å². The normalized spacial score (nSPS) is 12.4. The highest BCUT2D eigenvalue weighted by atomic mass is 32.2. The molecular formula is C13H17NO3S2. The van der Waals surface area contributed by atoms with E-state index in [9.17, 15) is 13.5 Å². The Morgan fingerprint density at radius 2 is 2.00 bits per heavy atom. The van der Waals surface area contributed by atoms with Crippen molar-refractivity contribution in [2.45, 2.75) is 24.8 Å². The average molecular weight is 299 g/mol. The average Bonchev–Trinajstić information content (AvgIpc) is 2.77. The van der Waals surface area contributed by atoms with Gasteiger partial charge in [0.05, 0.1) is 11.5 Å². The number of aliphatic hydroxyl groups excluding tert-OH is 1. The van der Waals surface area contributed by atoms with E-state index >= 15 is 0 Å². The third kappa shape index (κ3) is 2.53. The van der Waals surface area contributed by atoms with Gasteiger partial charge < -0.3 is 5.11 Å². The molecule has 0 saturated heterocycles. The quantitative estimate of drug-likeness (QED) is 0.922. The Morgan fingerprint density at radius 1 is 1.32 bits per heavy atom. The SMILES string of the molecule is CCCN(C)S(=O)(=O)c1c(CO)sc2ccccc12. The molecule has 0 saturated carbocycles. The second-order valence-corrected chi connectivity index (χ2v) is 7.45. The fourth-order valence-electron chi connectivity index (χ4n) is 2.05. The topological polar surface area (TPSA) is 57.6 Å². The van der Waals surface area contributed by atoms with Crippen molar-refractivity contribution in [2.75, 3.05) is 13.6 Å². The summed E-state index contributed by atoms with van der Waals surface area (Å²) in [6, 6.07) is 7.34. The lowest BCUT2D eigenvalue weighted by molar-refractivity contribution is 0.282. The number of rotatable bonds is 5. The van der Waals surface area contributed by atoms with Gasteiger partial charge in [0.15, 0.2) is 0 Å². The second-order valence-electron chi connectivity index (χ2n) is 4.34. The Morgan fingerprint density at radius 3 is 2.63 bits per heavy atom. The van der Waals surface area contributed by atoms with Gasteiger partial charge in [-0.1, -0.05) is 25.1 Å². The van der Waals surface area contributed by atoms with Gasteiger partial charge in [0, 0.05) is 23.7 Å². The van der Waals surface area contributed by atoms with E-state index in [4.69, 9.17) is 0 Å². The van der Waals surface area contributed by atoms with E-state index in [1.165, 1.54) is 15.6 Å². The maximum atomic E-state index is 12.6. The van der Waals surface area contributed by atoms with Crippen LogP contribution >= 0.6 is 11.3 Å². The van der Waals surface area contributed by atoms with Gasteiger partial charge in [-0.15, -0.1) is 11.3 Å². The molecule has 0 atom stereocenters. The van der Waals surface area contributed by atoms with E-state index < -0.39 is 10.0 Å². The van der Waals surface area contributed by atoms with Gasteiger partial charge in [0.2, 0.25) is 10.0 Å². The molecule has 0 aliphatic rings. The van der Waals surface area contributed by atoms with E-state index in [2.05, 4.69) is 0 Å². The fraction of sp³-hybridized carbons (Fsp3) is 0.385. The molecule has 0 unspecified atom stereocenters. The highest BCUT2D eigenvalue weighted by Crippen LogP contribution is 2.36. The number of hydrogen-bond donors (Lipinski definition) is 1. The van der Waals surface area contributed by atoms with Crippen LogP contribution in [-0.4, -0.2) is 31.4 Å². The Hall–Kier alpha value is -0.950. The summed E-state index contributed by atoms with van der Waals surface area (Å²) in [6.45, 7) is 2.15. The molecule has 2 aromatic rings. The lowest BCUT2D eigenvalue weighted by atomic mass is 10.2. The molecule has 2 rings (SSSR count). The molecule has 0 spiro atoms. The molecule has 1 N–H and O–H groups in total. The van der Waals surface area contributed by atoms with Crippen molar-refractivity contribution >= 4 is 31.4 Å². The monoisotopic (exact) mass is 299 g/mol. The van der Waals surface area contributed by atoms with Crippen LogP contribution in [-0.2, 0) is 16.6 Å². The number of hydrogen-bond acceptors (Lipinski definition) is 4. The van der Waals surface area contributed by atoms with Crippen LogP contribution in [0.1, 0.15) is 18.2 Å². The Bertz CT molecular complexity index is 676. The molecule has 0 aliphatic carbocycles. The number of nitrogens with zero attached hydrogens (tertiary/aromatic N) is 1. The largest absolute Gasteiger partial charge is 0.391 e. The van der Waals surface area contributed by atoms with Crippen LogP contribution in [0.5, 0.6) is 0 Å². The summed E-state index contributed by atoms with van der Waals surface area (Å²) in [4.78, 5) is 0.760. The molecule has 6 heteroatoms. The first-order valence-electron chi connectivity index (χ1n) is 6.10. The predicted octanol–water partition coefficient (Wildman–Crippen LogP) is 2.42. The van der Waals surface area contributed by atoms with E-state index in [0.717, 1.165) is 11.1 Å². The maximum Gasteiger partial charge on any atom is 0.244 e. The van der Waals surface area contributed by atoms with Gasteiger partial charge in [0.25, 0.3) is 0 Å². The molecule has 0 aliphatic heterocycles. The molecule has 1 heterocycles. The van der Waals surface area contributed by atoms with Crippen molar-refractivity contribution in [1.82, 2.24) is 4.31 Å². The second kappa shape index (κ2) is 5.58. The highest BCUT2D eigenvalue weighted by Gasteiger charge is 2.27. The zero-order valence-electron chi connectivity index (χ0n) is 11.0. The van der Waals surface area contributed by atoms with Gasteiger partial charge >= 0.3 is 0 Å². The smallest absolute Gasteiger partial charge is 0.244 e. The molecule has 19 heavy (non-hydrogen) atoms. The molecule has 4 nitrogen and oxygen atoms in total. The van der Waals surface area contributed by atoms with E-state index in [-0.39, 0.29) is 11.5 Å². The number of thiophene rings is 1. The first kappa shape index (κ1) is 14.5. The Kier molecular flexibility index (Phi) is 4.25. The number of benzene rings is 1. The van der Waals surface area contributed by atoms with Crippen LogP contribution < -0.4 is 0 Å². The van der Waals surface area contributed by atoms with Gasteiger partial charge in [-0.2, -0.15) is 0 Å². The lowest BCUT2D eigenvalue weighted by Crippen LogP contribution is -2.28. The molecule has 0 amide bonds. The summed E-state index contributed by atoms with van der Waals surface area (Å²) in [5.74, 6) is 0. The van der Waals surface area contributed by atoms with Crippen LogP contribution in [0.15, 0.2) is 29.2 Å².